The zero-order valence-corrected chi connectivity index (χ0v) is 20.6. The lowest BCUT2D eigenvalue weighted by atomic mass is 10.0. The number of furan rings is 1. The van der Waals surface area contributed by atoms with Crippen molar-refractivity contribution in [3.8, 4) is 5.75 Å². The summed E-state index contributed by atoms with van der Waals surface area (Å²) in [6, 6.07) is 13.8. The van der Waals surface area contributed by atoms with Gasteiger partial charge in [0.15, 0.2) is 28.0 Å². The molecule has 1 unspecified atom stereocenters. The topological polar surface area (TPSA) is 130 Å². The average molecular weight is 533 g/mol. The number of carboxylic acids is 1. The van der Waals surface area contributed by atoms with Crippen molar-refractivity contribution in [2.24, 2.45) is 0 Å². The summed E-state index contributed by atoms with van der Waals surface area (Å²) in [6.07, 6.45) is 0. The standard InChI is InChI=1S/C26H16N2O7S2/c1-34-15-5-2-4-12-10-16(35-23(12)15)21(29)19-20(17-6-3-9-36-17)28(24(31)22(19)30)26-27-14-8-7-13(25(32)33)11-18(14)37-26/h2-11,20,30H,1H3,(H,32,33). The summed E-state index contributed by atoms with van der Waals surface area (Å²) in [5.41, 5.74) is 0.826. The SMILES string of the molecule is COc1cccc2cc(C(=O)C3=C(O)C(=O)N(c4nc5ccc(C(=O)O)cc5s4)C3c3cccs3)oc12. The Hall–Kier alpha value is -4.48. The molecule has 1 amide bonds. The summed E-state index contributed by atoms with van der Waals surface area (Å²) in [5.74, 6) is -2.80. The van der Waals surface area contributed by atoms with Gasteiger partial charge >= 0.3 is 5.97 Å². The van der Waals surface area contributed by atoms with Crippen molar-refractivity contribution in [3.63, 3.8) is 0 Å². The number of aliphatic hydroxyl groups is 1. The van der Waals surface area contributed by atoms with Gasteiger partial charge in [-0.2, -0.15) is 0 Å². The molecule has 0 saturated heterocycles. The second kappa shape index (κ2) is 8.57. The molecule has 0 aliphatic carbocycles. The molecule has 1 atom stereocenters. The number of ketones is 1. The number of benzene rings is 2. The number of rotatable bonds is 6. The summed E-state index contributed by atoms with van der Waals surface area (Å²) in [4.78, 5) is 44.9. The zero-order chi connectivity index (χ0) is 25.8. The van der Waals surface area contributed by atoms with Gasteiger partial charge in [-0.05, 0) is 41.8 Å². The smallest absolute Gasteiger partial charge is 0.335 e. The normalized spacial score (nSPS) is 15.8. The maximum Gasteiger partial charge on any atom is 0.335 e. The number of aromatic carboxylic acids is 1. The van der Waals surface area contributed by atoms with Crippen LogP contribution < -0.4 is 9.64 Å². The van der Waals surface area contributed by atoms with E-state index in [0.29, 0.717) is 31.8 Å². The molecule has 184 valence electrons. The van der Waals surface area contributed by atoms with E-state index in [1.165, 1.54) is 35.5 Å². The van der Waals surface area contributed by atoms with Crippen LogP contribution in [0.15, 0.2) is 75.7 Å². The van der Waals surface area contributed by atoms with Crippen molar-refractivity contribution in [2.75, 3.05) is 12.0 Å². The third kappa shape index (κ3) is 3.59. The van der Waals surface area contributed by atoms with E-state index >= 15 is 0 Å². The van der Waals surface area contributed by atoms with Gasteiger partial charge in [0.2, 0.25) is 5.78 Å². The number of thiazole rings is 1. The molecule has 4 heterocycles. The van der Waals surface area contributed by atoms with E-state index in [9.17, 15) is 24.6 Å². The number of thiophene rings is 1. The Kier molecular flexibility index (Phi) is 5.32. The third-order valence-corrected chi connectivity index (χ3v) is 7.99. The number of aliphatic hydroxyl groups excluding tert-OH is 1. The molecule has 0 fully saturated rings. The number of carbonyl (C=O) groups is 3. The van der Waals surface area contributed by atoms with Gasteiger partial charge in [0.05, 0.1) is 28.5 Å². The van der Waals surface area contributed by atoms with Crippen LogP contribution in [0.4, 0.5) is 5.13 Å². The van der Waals surface area contributed by atoms with E-state index in [1.807, 2.05) is 0 Å². The number of fused-ring (bicyclic) bond motifs is 2. The molecule has 5 aromatic rings. The second-order valence-corrected chi connectivity index (χ2v) is 10.1. The number of methoxy groups -OCH3 is 1. The minimum absolute atomic E-state index is 0.0485. The number of nitrogens with zero attached hydrogens (tertiary/aromatic N) is 2. The lowest BCUT2D eigenvalue weighted by Gasteiger charge is -2.22. The average Bonchev–Trinajstić information content (AvgIpc) is 3.68. The number of ether oxygens (including phenoxy) is 1. The number of hydrogen-bond donors (Lipinski definition) is 2. The monoisotopic (exact) mass is 532 g/mol. The highest BCUT2D eigenvalue weighted by atomic mass is 32.1. The van der Waals surface area contributed by atoms with Gasteiger partial charge < -0.3 is 19.4 Å². The predicted molar refractivity (Wildman–Crippen MR) is 138 cm³/mol. The van der Waals surface area contributed by atoms with E-state index in [1.54, 1.807) is 47.8 Å². The Morgan fingerprint density at radius 2 is 1.97 bits per heavy atom. The Morgan fingerprint density at radius 3 is 2.70 bits per heavy atom. The van der Waals surface area contributed by atoms with Gasteiger partial charge in [-0.1, -0.05) is 29.5 Å². The third-order valence-electron chi connectivity index (χ3n) is 6.05. The number of hydrogen-bond acceptors (Lipinski definition) is 9. The van der Waals surface area contributed by atoms with Crippen LogP contribution in [0.1, 0.15) is 31.8 Å². The van der Waals surface area contributed by atoms with E-state index in [-0.39, 0.29) is 22.0 Å². The number of carboxylic acid groups (broad SMARTS) is 1. The molecule has 11 heteroatoms. The molecule has 0 spiro atoms. The highest BCUT2D eigenvalue weighted by Gasteiger charge is 2.47. The summed E-state index contributed by atoms with van der Waals surface area (Å²) in [6.45, 7) is 0. The Balaban J connectivity index is 1.47. The maximum atomic E-state index is 13.7. The van der Waals surface area contributed by atoms with Gasteiger partial charge in [0.25, 0.3) is 5.91 Å². The maximum absolute atomic E-state index is 13.7. The minimum atomic E-state index is -1.08. The number of anilines is 1. The van der Waals surface area contributed by atoms with Crippen molar-refractivity contribution in [3.05, 3.63) is 87.5 Å². The fraction of sp³-hybridized carbons (Fsp3) is 0.0769. The van der Waals surface area contributed by atoms with Crippen LogP contribution in [0, 0.1) is 0 Å². The molecule has 9 nitrogen and oxygen atoms in total. The fourth-order valence-corrected chi connectivity index (χ4v) is 6.20. The quantitative estimate of drug-likeness (QED) is 0.271. The van der Waals surface area contributed by atoms with Gasteiger partial charge in [-0.3, -0.25) is 14.5 Å². The predicted octanol–water partition coefficient (Wildman–Crippen LogP) is 5.59. The lowest BCUT2D eigenvalue weighted by Crippen LogP contribution is -2.30. The molecule has 6 rings (SSSR count). The Labute approximate surface area is 216 Å². The van der Waals surface area contributed by atoms with Gasteiger partial charge in [0, 0.05) is 10.3 Å². The van der Waals surface area contributed by atoms with Crippen LogP contribution in [0.25, 0.3) is 21.2 Å². The number of carbonyl (C=O) groups excluding carboxylic acids is 2. The minimum Gasteiger partial charge on any atom is -0.503 e. The fourth-order valence-electron chi connectivity index (χ4n) is 4.34. The zero-order valence-electron chi connectivity index (χ0n) is 19.0. The van der Waals surface area contributed by atoms with Crippen molar-refractivity contribution < 1.29 is 33.8 Å². The molecular formula is C26H16N2O7S2. The number of aromatic nitrogens is 1. The van der Waals surface area contributed by atoms with Crippen LogP contribution in [0.5, 0.6) is 5.75 Å². The van der Waals surface area contributed by atoms with Crippen LogP contribution in [-0.4, -0.2) is 40.0 Å². The molecule has 0 bridgehead atoms. The molecule has 3 aromatic heterocycles. The highest BCUT2D eigenvalue weighted by molar-refractivity contribution is 7.22. The first-order valence-electron chi connectivity index (χ1n) is 10.9. The van der Waals surface area contributed by atoms with Crippen LogP contribution >= 0.6 is 22.7 Å². The number of para-hydroxylation sites is 1. The van der Waals surface area contributed by atoms with E-state index in [0.717, 1.165) is 11.3 Å². The van der Waals surface area contributed by atoms with E-state index in [4.69, 9.17) is 9.15 Å². The van der Waals surface area contributed by atoms with E-state index < -0.39 is 29.5 Å². The molecule has 1 aliphatic heterocycles. The molecule has 0 radical (unpaired) electrons. The van der Waals surface area contributed by atoms with Crippen LogP contribution in [0.2, 0.25) is 0 Å². The van der Waals surface area contributed by atoms with Crippen molar-refractivity contribution in [2.45, 2.75) is 6.04 Å². The molecule has 2 aromatic carbocycles. The second-order valence-electron chi connectivity index (χ2n) is 8.16. The Bertz CT molecular complexity index is 1760. The first-order chi connectivity index (χ1) is 17.9. The number of amides is 1. The first-order valence-corrected chi connectivity index (χ1v) is 12.6. The van der Waals surface area contributed by atoms with Crippen LogP contribution in [-0.2, 0) is 4.79 Å². The Morgan fingerprint density at radius 1 is 1.14 bits per heavy atom. The number of Topliss-reactive ketones (excluding diaryl/α,β-unsaturated/α-hetero) is 1. The first kappa shape index (κ1) is 23.0. The van der Waals surface area contributed by atoms with Gasteiger partial charge in [-0.25, -0.2) is 9.78 Å². The lowest BCUT2D eigenvalue weighted by molar-refractivity contribution is -0.117. The highest BCUT2D eigenvalue weighted by Crippen LogP contribution is 2.46. The van der Waals surface area contributed by atoms with E-state index in [2.05, 4.69) is 4.98 Å². The largest absolute Gasteiger partial charge is 0.503 e. The summed E-state index contributed by atoms with van der Waals surface area (Å²) in [7, 11) is 1.49. The molecular weight excluding hydrogens is 516 g/mol. The van der Waals surface area contributed by atoms with Crippen molar-refractivity contribution in [1.29, 1.82) is 0 Å². The summed E-state index contributed by atoms with van der Waals surface area (Å²) >= 11 is 2.42. The van der Waals surface area contributed by atoms with Gasteiger partial charge in [0.1, 0.15) is 6.04 Å². The molecule has 1 aliphatic rings. The molecule has 0 saturated carbocycles. The molecule has 2 N–H and O–H groups in total. The summed E-state index contributed by atoms with van der Waals surface area (Å²) in [5, 5.41) is 22.9. The van der Waals surface area contributed by atoms with Crippen molar-refractivity contribution in [1.82, 2.24) is 4.98 Å². The van der Waals surface area contributed by atoms with Gasteiger partial charge in [-0.15, -0.1) is 11.3 Å². The molecule has 37 heavy (non-hydrogen) atoms. The van der Waals surface area contributed by atoms with Crippen molar-refractivity contribution >= 4 is 66.7 Å². The summed E-state index contributed by atoms with van der Waals surface area (Å²) < 4.78 is 11.7. The van der Waals surface area contributed by atoms with Crippen LogP contribution in [0.3, 0.4) is 0 Å².